The van der Waals surface area contributed by atoms with Crippen LogP contribution in [-0.2, 0) is 4.79 Å². The van der Waals surface area contributed by atoms with Crippen LogP contribution in [0.25, 0.3) is 11.3 Å². The number of rotatable bonds is 4. The number of nitrogens with one attached hydrogen (secondary N) is 1. The third-order valence-corrected chi connectivity index (χ3v) is 4.65. The van der Waals surface area contributed by atoms with E-state index in [2.05, 4.69) is 10.2 Å². The van der Waals surface area contributed by atoms with Gasteiger partial charge in [-0.3, -0.25) is 14.7 Å². The highest BCUT2D eigenvalue weighted by Gasteiger charge is 2.26. The van der Waals surface area contributed by atoms with Crippen LogP contribution in [-0.4, -0.2) is 45.2 Å². The highest BCUT2D eigenvalue weighted by Crippen LogP contribution is 2.27. The monoisotopic (exact) mass is 347 g/mol. The van der Waals surface area contributed by atoms with Crippen LogP contribution >= 0.6 is 11.6 Å². The van der Waals surface area contributed by atoms with Crippen LogP contribution in [0.15, 0.2) is 30.3 Å². The Morgan fingerprint density at radius 3 is 2.67 bits per heavy atom. The second kappa shape index (κ2) is 7.05. The van der Waals surface area contributed by atoms with Crippen LogP contribution in [0.3, 0.4) is 0 Å². The summed E-state index contributed by atoms with van der Waals surface area (Å²) in [4.78, 5) is 25.1. The van der Waals surface area contributed by atoms with Crippen molar-refractivity contribution in [2.75, 3.05) is 13.1 Å². The van der Waals surface area contributed by atoms with Gasteiger partial charge in [-0.05, 0) is 30.9 Å². The van der Waals surface area contributed by atoms with Gasteiger partial charge in [-0.25, -0.2) is 0 Å². The lowest BCUT2D eigenvalue weighted by molar-refractivity contribution is -0.138. The highest BCUT2D eigenvalue weighted by atomic mass is 35.5. The normalized spacial score (nSPS) is 15.5. The van der Waals surface area contributed by atoms with Crippen molar-refractivity contribution in [1.29, 1.82) is 0 Å². The molecule has 1 aromatic carbocycles. The molecular formula is C17H18ClN3O3. The van der Waals surface area contributed by atoms with Gasteiger partial charge in [0.2, 0.25) is 0 Å². The first-order chi connectivity index (χ1) is 11.5. The average Bonchev–Trinajstić information content (AvgIpc) is 3.04. The lowest BCUT2D eigenvalue weighted by Crippen LogP contribution is -2.39. The van der Waals surface area contributed by atoms with Gasteiger partial charge in [-0.1, -0.05) is 29.8 Å². The maximum absolute atomic E-state index is 12.6. The predicted molar refractivity (Wildman–Crippen MR) is 89.9 cm³/mol. The molecule has 2 heterocycles. The molecule has 1 saturated heterocycles. The smallest absolute Gasteiger partial charge is 0.303 e. The largest absolute Gasteiger partial charge is 0.481 e. The van der Waals surface area contributed by atoms with Gasteiger partial charge in [0.1, 0.15) is 5.69 Å². The quantitative estimate of drug-likeness (QED) is 0.890. The van der Waals surface area contributed by atoms with Crippen LogP contribution in [0.5, 0.6) is 0 Å². The Kier molecular flexibility index (Phi) is 4.85. The summed E-state index contributed by atoms with van der Waals surface area (Å²) in [7, 11) is 0. The molecule has 1 aliphatic heterocycles. The predicted octanol–water partition coefficient (Wildman–Crippen LogP) is 3.06. The van der Waals surface area contributed by atoms with Crippen molar-refractivity contribution >= 4 is 23.5 Å². The number of nitrogens with zero attached hydrogens (tertiary/aromatic N) is 2. The maximum Gasteiger partial charge on any atom is 0.303 e. The summed E-state index contributed by atoms with van der Waals surface area (Å²) in [6.45, 7) is 1.13. The van der Waals surface area contributed by atoms with Crippen LogP contribution in [0.1, 0.15) is 29.8 Å². The summed E-state index contributed by atoms with van der Waals surface area (Å²) >= 11 is 6.16. The molecule has 0 spiro atoms. The lowest BCUT2D eigenvalue weighted by atomic mass is 9.93. The van der Waals surface area contributed by atoms with E-state index in [1.807, 2.05) is 18.2 Å². The number of H-pyrrole nitrogens is 1. The van der Waals surface area contributed by atoms with E-state index in [4.69, 9.17) is 16.7 Å². The standard InChI is InChI=1S/C17H18ClN3O3/c18-13-4-2-1-3-12(13)14-10-15(20-19-14)17(24)21-7-5-11(6-8-21)9-16(22)23/h1-4,10-11H,5-9H2,(H,19,20)(H,22,23). The van der Waals surface area contributed by atoms with E-state index >= 15 is 0 Å². The SMILES string of the molecule is O=C(O)CC1CCN(C(=O)c2cc(-c3ccccc3Cl)n[nH]2)CC1. The number of carbonyl (C=O) groups excluding carboxylic acids is 1. The molecule has 1 aromatic heterocycles. The molecule has 3 rings (SSSR count). The molecule has 1 aliphatic rings. The van der Waals surface area contributed by atoms with Gasteiger partial charge in [0.05, 0.1) is 10.7 Å². The number of aliphatic carboxylic acids is 1. The van der Waals surface area contributed by atoms with E-state index in [1.54, 1.807) is 17.0 Å². The summed E-state index contributed by atoms with van der Waals surface area (Å²) in [5.74, 6) is -0.751. The minimum Gasteiger partial charge on any atom is -0.481 e. The summed E-state index contributed by atoms with van der Waals surface area (Å²) in [6, 6.07) is 9.04. The molecule has 6 nitrogen and oxygen atoms in total. The number of piperidine rings is 1. The number of amides is 1. The summed E-state index contributed by atoms with van der Waals surface area (Å²) in [5.41, 5.74) is 1.82. The van der Waals surface area contributed by atoms with E-state index in [-0.39, 0.29) is 18.2 Å². The van der Waals surface area contributed by atoms with E-state index in [9.17, 15) is 9.59 Å². The first-order valence-electron chi connectivity index (χ1n) is 7.86. The third-order valence-electron chi connectivity index (χ3n) is 4.32. The van der Waals surface area contributed by atoms with Crippen molar-refractivity contribution in [3.8, 4) is 11.3 Å². The maximum atomic E-state index is 12.6. The van der Waals surface area contributed by atoms with Crippen molar-refractivity contribution in [2.24, 2.45) is 5.92 Å². The van der Waals surface area contributed by atoms with Crippen molar-refractivity contribution in [3.05, 3.63) is 41.0 Å². The Labute approximate surface area is 144 Å². The molecule has 126 valence electrons. The zero-order valence-corrected chi connectivity index (χ0v) is 13.8. The Morgan fingerprint density at radius 1 is 1.29 bits per heavy atom. The van der Waals surface area contributed by atoms with Gasteiger partial charge in [0.25, 0.3) is 5.91 Å². The second-order valence-electron chi connectivity index (χ2n) is 5.98. The summed E-state index contributed by atoms with van der Waals surface area (Å²) in [5, 5.41) is 16.4. The minimum atomic E-state index is -0.780. The Hall–Kier alpha value is -2.34. The Balaban J connectivity index is 1.67. The molecule has 24 heavy (non-hydrogen) atoms. The topological polar surface area (TPSA) is 86.3 Å². The molecule has 1 amide bonds. The van der Waals surface area contributed by atoms with Gasteiger partial charge in [-0.2, -0.15) is 5.10 Å². The number of carboxylic acids is 1. The first-order valence-corrected chi connectivity index (χ1v) is 8.24. The van der Waals surface area contributed by atoms with E-state index in [0.717, 1.165) is 5.56 Å². The van der Waals surface area contributed by atoms with E-state index in [1.165, 1.54) is 0 Å². The van der Waals surface area contributed by atoms with Crippen LogP contribution < -0.4 is 0 Å². The zero-order chi connectivity index (χ0) is 17.1. The fraction of sp³-hybridized carbons (Fsp3) is 0.353. The number of carbonyl (C=O) groups is 2. The number of halogens is 1. The molecule has 0 radical (unpaired) electrons. The zero-order valence-electron chi connectivity index (χ0n) is 13.0. The van der Waals surface area contributed by atoms with Crippen molar-refractivity contribution < 1.29 is 14.7 Å². The van der Waals surface area contributed by atoms with Gasteiger partial charge in [0, 0.05) is 25.1 Å². The third kappa shape index (κ3) is 3.59. The number of likely N-dealkylation sites (tertiary alicyclic amines) is 1. The lowest BCUT2D eigenvalue weighted by Gasteiger charge is -2.30. The van der Waals surface area contributed by atoms with Crippen LogP contribution in [0.4, 0.5) is 0 Å². The first kappa shape index (κ1) is 16.5. The average molecular weight is 348 g/mol. The van der Waals surface area contributed by atoms with Gasteiger partial charge in [-0.15, -0.1) is 0 Å². The van der Waals surface area contributed by atoms with E-state index in [0.29, 0.717) is 42.3 Å². The van der Waals surface area contributed by atoms with Crippen molar-refractivity contribution in [2.45, 2.75) is 19.3 Å². The number of benzene rings is 1. The molecular weight excluding hydrogens is 330 g/mol. The fourth-order valence-electron chi connectivity index (χ4n) is 3.00. The summed E-state index contributed by atoms with van der Waals surface area (Å²) in [6.07, 6.45) is 1.59. The molecule has 2 aromatic rings. The Bertz CT molecular complexity index is 751. The molecule has 0 bridgehead atoms. The minimum absolute atomic E-state index is 0.116. The number of hydrogen-bond acceptors (Lipinski definition) is 3. The van der Waals surface area contributed by atoms with Crippen LogP contribution in [0, 0.1) is 5.92 Å². The number of carboxylic acid groups (broad SMARTS) is 1. The second-order valence-corrected chi connectivity index (χ2v) is 6.39. The van der Waals surface area contributed by atoms with Crippen LogP contribution in [0.2, 0.25) is 5.02 Å². The molecule has 0 unspecified atom stereocenters. The van der Waals surface area contributed by atoms with Gasteiger partial charge >= 0.3 is 5.97 Å². The van der Waals surface area contributed by atoms with Crippen molar-refractivity contribution in [3.63, 3.8) is 0 Å². The van der Waals surface area contributed by atoms with Gasteiger partial charge < -0.3 is 10.0 Å². The molecule has 0 aliphatic carbocycles. The van der Waals surface area contributed by atoms with Crippen molar-refractivity contribution in [1.82, 2.24) is 15.1 Å². The number of aromatic amines is 1. The fourth-order valence-corrected chi connectivity index (χ4v) is 3.23. The molecule has 0 atom stereocenters. The number of hydrogen-bond donors (Lipinski definition) is 2. The molecule has 2 N–H and O–H groups in total. The molecule has 1 fully saturated rings. The Morgan fingerprint density at radius 2 is 2.00 bits per heavy atom. The highest BCUT2D eigenvalue weighted by molar-refractivity contribution is 6.33. The van der Waals surface area contributed by atoms with Gasteiger partial charge in [0.15, 0.2) is 0 Å². The number of aromatic nitrogens is 2. The summed E-state index contributed by atoms with van der Waals surface area (Å²) < 4.78 is 0. The van der Waals surface area contributed by atoms with E-state index < -0.39 is 5.97 Å². The molecule has 7 heteroatoms. The molecule has 0 saturated carbocycles.